The summed E-state index contributed by atoms with van der Waals surface area (Å²) < 4.78 is 10.4. The van der Waals surface area contributed by atoms with Crippen LogP contribution in [-0.2, 0) is 4.74 Å². The van der Waals surface area contributed by atoms with Gasteiger partial charge in [-0.05, 0) is 42.6 Å². The third kappa shape index (κ3) is 3.93. The van der Waals surface area contributed by atoms with Gasteiger partial charge in [-0.15, -0.1) is 0 Å². The van der Waals surface area contributed by atoms with Gasteiger partial charge in [0.05, 0.1) is 13.7 Å². The Morgan fingerprint density at radius 3 is 2.53 bits per heavy atom. The first-order valence-corrected chi connectivity index (χ1v) is 9.63. The summed E-state index contributed by atoms with van der Waals surface area (Å²) in [5.41, 5.74) is 1.94. The van der Waals surface area contributed by atoms with Gasteiger partial charge in [-0.25, -0.2) is 14.8 Å². The third-order valence-corrected chi connectivity index (χ3v) is 4.68. The molecule has 4 rings (SSSR count). The monoisotopic (exact) mass is 399 g/mol. The highest BCUT2D eigenvalue weighted by Gasteiger charge is 2.17. The molecular weight excluding hydrogens is 378 g/mol. The molecule has 1 aromatic heterocycles. The molecule has 0 aliphatic carbocycles. The van der Waals surface area contributed by atoms with Gasteiger partial charge in [0.1, 0.15) is 17.1 Å². The number of aromatic nitrogens is 2. The molecule has 1 N–H and O–H groups in total. The zero-order valence-electron chi connectivity index (χ0n) is 16.8. The van der Waals surface area contributed by atoms with Crippen LogP contribution in [0.3, 0.4) is 0 Å². The molecule has 0 aliphatic heterocycles. The van der Waals surface area contributed by atoms with Crippen molar-refractivity contribution in [2.45, 2.75) is 6.92 Å². The summed E-state index contributed by atoms with van der Waals surface area (Å²) in [5.74, 6) is 1.16. The zero-order valence-corrected chi connectivity index (χ0v) is 16.8. The SMILES string of the molecule is CCOC(=O)c1cnc(-c2ccc(OC)cc2)nc1Nc1cccc2ccccc12. The second-order valence-corrected chi connectivity index (χ2v) is 6.56. The van der Waals surface area contributed by atoms with Crippen molar-refractivity contribution in [2.24, 2.45) is 0 Å². The molecule has 1 heterocycles. The lowest BCUT2D eigenvalue weighted by Gasteiger charge is -2.13. The molecule has 0 amide bonds. The van der Waals surface area contributed by atoms with Crippen LogP contribution < -0.4 is 10.1 Å². The van der Waals surface area contributed by atoms with Crippen LogP contribution in [0.4, 0.5) is 11.5 Å². The molecule has 0 bridgehead atoms. The Labute approximate surface area is 174 Å². The van der Waals surface area contributed by atoms with E-state index in [1.165, 1.54) is 6.20 Å². The summed E-state index contributed by atoms with van der Waals surface area (Å²) >= 11 is 0. The Bertz CT molecular complexity index is 1180. The lowest BCUT2D eigenvalue weighted by Crippen LogP contribution is -2.11. The number of ether oxygens (including phenoxy) is 2. The number of fused-ring (bicyclic) bond motifs is 1. The number of hydrogen-bond acceptors (Lipinski definition) is 6. The molecule has 6 heteroatoms. The minimum atomic E-state index is -0.471. The molecule has 0 fully saturated rings. The molecule has 0 atom stereocenters. The van der Waals surface area contributed by atoms with E-state index in [9.17, 15) is 4.79 Å². The van der Waals surface area contributed by atoms with E-state index in [0.717, 1.165) is 27.8 Å². The fourth-order valence-corrected chi connectivity index (χ4v) is 3.18. The van der Waals surface area contributed by atoms with Crippen LogP contribution in [0.15, 0.2) is 72.9 Å². The fraction of sp³-hybridized carbons (Fsp3) is 0.125. The van der Waals surface area contributed by atoms with Gasteiger partial charge in [-0.1, -0.05) is 36.4 Å². The van der Waals surface area contributed by atoms with Crippen molar-refractivity contribution in [1.29, 1.82) is 0 Å². The van der Waals surface area contributed by atoms with Crippen molar-refractivity contribution < 1.29 is 14.3 Å². The smallest absolute Gasteiger partial charge is 0.343 e. The first kappa shape index (κ1) is 19.4. The Balaban J connectivity index is 1.78. The van der Waals surface area contributed by atoms with Crippen molar-refractivity contribution >= 4 is 28.2 Å². The molecule has 6 nitrogen and oxygen atoms in total. The molecule has 150 valence electrons. The molecule has 0 saturated carbocycles. The minimum Gasteiger partial charge on any atom is -0.497 e. The number of benzene rings is 3. The predicted molar refractivity (Wildman–Crippen MR) is 117 cm³/mol. The van der Waals surface area contributed by atoms with Crippen LogP contribution in [-0.4, -0.2) is 29.7 Å². The van der Waals surface area contributed by atoms with Gasteiger partial charge in [0.2, 0.25) is 0 Å². The minimum absolute atomic E-state index is 0.271. The third-order valence-electron chi connectivity index (χ3n) is 4.68. The van der Waals surface area contributed by atoms with E-state index in [0.29, 0.717) is 11.6 Å². The first-order chi connectivity index (χ1) is 14.7. The molecule has 4 aromatic rings. The van der Waals surface area contributed by atoms with Gasteiger partial charge in [0, 0.05) is 22.8 Å². The molecule has 0 unspecified atom stereocenters. The molecule has 0 radical (unpaired) electrons. The largest absolute Gasteiger partial charge is 0.497 e. The Kier molecular flexibility index (Phi) is 5.57. The van der Waals surface area contributed by atoms with Crippen LogP contribution in [0.5, 0.6) is 5.75 Å². The molecule has 30 heavy (non-hydrogen) atoms. The van der Waals surface area contributed by atoms with Gasteiger partial charge in [0.25, 0.3) is 0 Å². The van der Waals surface area contributed by atoms with Crippen LogP contribution in [0.25, 0.3) is 22.2 Å². The highest BCUT2D eigenvalue weighted by atomic mass is 16.5. The van der Waals surface area contributed by atoms with E-state index in [1.54, 1.807) is 14.0 Å². The lowest BCUT2D eigenvalue weighted by atomic mass is 10.1. The van der Waals surface area contributed by atoms with Crippen LogP contribution >= 0.6 is 0 Å². The number of carbonyl (C=O) groups excluding carboxylic acids is 1. The molecule has 0 spiro atoms. The molecule has 0 saturated heterocycles. The number of esters is 1. The van der Waals surface area contributed by atoms with Gasteiger partial charge in [-0.2, -0.15) is 0 Å². The van der Waals surface area contributed by atoms with Crippen LogP contribution in [0, 0.1) is 0 Å². The normalized spacial score (nSPS) is 10.6. The fourth-order valence-electron chi connectivity index (χ4n) is 3.18. The number of hydrogen-bond donors (Lipinski definition) is 1. The number of anilines is 2. The highest BCUT2D eigenvalue weighted by Crippen LogP contribution is 2.29. The van der Waals surface area contributed by atoms with Gasteiger partial charge in [-0.3, -0.25) is 0 Å². The number of nitrogens with one attached hydrogen (secondary N) is 1. The second-order valence-electron chi connectivity index (χ2n) is 6.56. The second kappa shape index (κ2) is 8.61. The first-order valence-electron chi connectivity index (χ1n) is 9.63. The average Bonchev–Trinajstić information content (AvgIpc) is 2.79. The lowest BCUT2D eigenvalue weighted by molar-refractivity contribution is 0.0526. The van der Waals surface area contributed by atoms with Gasteiger partial charge < -0.3 is 14.8 Å². The summed E-state index contributed by atoms with van der Waals surface area (Å²) in [5, 5.41) is 5.43. The summed E-state index contributed by atoms with van der Waals surface area (Å²) in [4.78, 5) is 21.5. The summed E-state index contributed by atoms with van der Waals surface area (Å²) in [6.45, 7) is 2.04. The van der Waals surface area contributed by atoms with E-state index < -0.39 is 5.97 Å². The number of carbonyl (C=O) groups is 1. The maximum atomic E-state index is 12.5. The zero-order chi connectivity index (χ0) is 20.9. The number of rotatable bonds is 6. The predicted octanol–water partition coefficient (Wildman–Crippen LogP) is 5.23. The van der Waals surface area contributed by atoms with E-state index in [4.69, 9.17) is 9.47 Å². The van der Waals surface area contributed by atoms with E-state index in [2.05, 4.69) is 15.3 Å². The van der Waals surface area contributed by atoms with E-state index >= 15 is 0 Å². The van der Waals surface area contributed by atoms with Gasteiger partial charge in [0.15, 0.2) is 5.82 Å². The number of nitrogens with zero attached hydrogens (tertiary/aromatic N) is 2. The summed E-state index contributed by atoms with van der Waals surface area (Å²) in [6.07, 6.45) is 1.50. The number of methoxy groups -OCH3 is 1. The van der Waals surface area contributed by atoms with E-state index in [-0.39, 0.29) is 12.2 Å². The molecule has 0 aliphatic rings. The van der Waals surface area contributed by atoms with Gasteiger partial charge >= 0.3 is 5.97 Å². The van der Waals surface area contributed by atoms with Crippen molar-refractivity contribution in [1.82, 2.24) is 9.97 Å². The Morgan fingerprint density at radius 2 is 1.77 bits per heavy atom. The topological polar surface area (TPSA) is 73.3 Å². The van der Waals surface area contributed by atoms with Crippen molar-refractivity contribution in [2.75, 3.05) is 19.0 Å². The molecular formula is C24H21N3O3. The Morgan fingerprint density at radius 1 is 1.00 bits per heavy atom. The van der Waals surface area contributed by atoms with Crippen molar-refractivity contribution in [3.05, 3.63) is 78.5 Å². The summed E-state index contributed by atoms with van der Waals surface area (Å²) in [6, 6.07) is 21.4. The average molecular weight is 399 g/mol. The van der Waals surface area contributed by atoms with Crippen molar-refractivity contribution in [3.63, 3.8) is 0 Å². The summed E-state index contributed by atoms with van der Waals surface area (Å²) in [7, 11) is 1.62. The van der Waals surface area contributed by atoms with Crippen LogP contribution in [0.1, 0.15) is 17.3 Å². The Hall–Kier alpha value is -3.93. The highest BCUT2D eigenvalue weighted by molar-refractivity contribution is 5.99. The van der Waals surface area contributed by atoms with Crippen LogP contribution in [0.2, 0.25) is 0 Å². The quantitative estimate of drug-likeness (QED) is 0.448. The standard InChI is InChI=1S/C24H21N3O3/c1-3-30-24(28)20-15-25-22(17-11-13-18(29-2)14-12-17)27-23(20)26-21-10-6-8-16-7-4-5-9-19(16)21/h4-15H,3H2,1-2H3,(H,25,26,27). The van der Waals surface area contributed by atoms with E-state index in [1.807, 2.05) is 66.7 Å². The van der Waals surface area contributed by atoms with Crippen molar-refractivity contribution in [3.8, 4) is 17.1 Å². The molecule has 3 aromatic carbocycles. The maximum Gasteiger partial charge on any atom is 0.343 e. The maximum absolute atomic E-state index is 12.5.